The summed E-state index contributed by atoms with van der Waals surface area (Å²) in [5, 5.41) is 2.93. The summed E-state index contributed by atoms with van der Waals surface area (Å²) < 4.78 is 26.1. The molecule has 0 aliphatic rings. The Hall–Kier alpha value is -2.21. The van der Waals surface area contributed by atoms with Crippen molar-refractivity contribution < 1.29 is 8.78 Å². The molecule has 0 bridgehead atoms. The second-order valence-corrected chi connectivity index (χ2v) is 3.64. The molecule has 2 rings (SSSR count). The minimum absolute atomic E-state index is 0.215. The fourth-order valence-electron chi connectivity index (χ4n) is 1.46. The van der Waals surface area contributed by atoms with E-state index in [0.717, 1.165) is 6.07 Å². The first kappa shape index (κ1) is 12.3. The van der Waals surface area contributed by atoms with Crippen molar-refractivity contribution in [1.29, 1.82) is 0 Å². The van der Waals surface area contributed by atoms with Gasteiger partial charge in [-0.1, -0.05) is 12.1 Å². The van der Waals surface area contributed by atoms with Crippen molar-refractivity contribution in [1.82, 2.24) is 4.98 Å². The molecule has 0 spiro atoms. The number of hydrogen-bond donors (Lipinski definition) is 3. The van der Waals surface area contributed by atoms with E-state index >= 15 is 0 Å². The molecule has 0 unspecified atom stereocenters. The summed E-state index contributed by atoms with van der Waals surface area (Å²) in [7, 11) is 0. The summed E-state index contributed by atoms with van der Waals surface area (Å²) in [6.07, 6.45) is 0. The molecule has 6 heteroatoms. The maximum absolute atomic E-state index is 13.4. The second-order valence-electron chi connectivity index (χ2n) is 3.64. The second kappa shape index (κ2) is 5.42. The highest BCUT2D eigenvalue weighted by atomic mass is 19.1. The minimum Gasteiger partial charge on any atom is -0.366 e. The van der Waals surface area contributed by atoms with E-state index in [1.807, 2.05) is 0 Å². The van der Waals surface area contributed by atoms with Crippen LogP contribution in [0.2, 0.25) is 0 Å². The van der Waals surface area contributed by atoms with Crippen molar-refractivity contribution in [2.24, 2.45) is 5.84 Å². The maximum Gasteiger partial charge on any atom is 0.142 e. The number of nitrogens with one attached hydrogen (secondary N) is 2. The Morgan fingerprint density at radius 1 is 1.11 bits per heavy atom. The summed E-state index contributed by atoms with van der Waals surface area (Å²) >= 11 is 0. The topological polar surface area (TPSA) is 63.0 Å². The Morgan fingerprint density at radius 3 is 2.61 bits per heavy atom. The van der Waals surface area contributed by atoms with Crippen molar-refractivity contribution in [3.8, 4) is 0 Å². The van der Waals surface area contributed by atoms with E-state index in [1.165, 1.54) is 12.1 Å². The third-order valence-corrected chi connectivity index (χ3v) is 2.37. The number of aromatic nitrogens is 1. The Morgan fingerprint density at radius 2 is 1.89 bits per heavy atom. The van der Waals surface area contributed by atoms with Gasteiger partial charge >= 0.3 is 0 Å². The van der Waals surface area contributed by atoms with E-state index < -0.39 is 11.6 Å². The molecule has 94 valence electrons. The van der Waals surface area contributed by atoms with Crippen molar-refractivity contribution in [2.45, 2.75) is 6.54 Å². The van der Waals surface area contributed by atoms with Gasteiger partial charge in [0.1, 0.15) is 23.3 Å². The predicted octanol–water partition coefficient (Wildman–Crippen LogP) is 2.26. The summed E-state index contributed by atoms with van der Waals surface area (Å²) in [5.74, 6) is 5.09. The summed E-state index contributed by atoms with van der Waals surface area (Å²) in [6.45, 7) is 0.215. The lowest BCUT2D eigenvalue weighted by Crippen LogP contribution is -2.10. The largest absolute Gasteiger partial charge is 0.366 e. The highest BCUT2D eigenvalue weighted by molar-refractivity contribution is 5.44. The van der Waals surface area contributed by atoms with Crippen LogP contribution in [0.15, 0.2) is 36.4 Å². The van der Waals surface area contributed by atoms with Crippen LogP contribution >= 0.6 is 0 Å². The first-order valence-electron chi connectivity index (χ1n) is 5.30. The molecule has 2 aromatic rings. The smallest absolute Gasteiger partial charge is 0.142 e. The molecule has 0 fully saturated rings. The van der Waals surface area contributed by atoms with Gasteiger partial charge < -0.3 is 10.7 Å². The third-order valence-electron chi connectivity index (χ3n) is 2.37. The quantitative estimate of drug-likeness (QED) is 0.575. The Kier molecular flexibility index (Phi) is 3.69. The molecule has 1 aromatic heterocycles. The van der Waals surface area contributed by atoms with Crippen LogP contribution in [0.5, 0.6) is 0 Å². The van der Waals surface area contributed by atoms with Crippen LogP contribution in [-0.2, 0) is 6.54 Å². The minimum atomic E-state index is -0.594. The van der Waals surface area contributed by atoms with Gasteiger partial charge in [0.2, 0.25) is 0 Å². The zero-order valence-electron chi connectivity index (χ0n) is 9.45. The van der Waals surface area contributed by atoms with E-state index in [2.05, 4.69) is 15.7 Å². The van der Waals surface area contributed by atoms with Crippen molar-refractivity contribution >= 4 is 11.6 Å². The van der Waals surface area contributed by atoms with Crippen LogP contribution in [0, 0.1) is 11.6 Å². The highest BCUT2D eigenvalue weighted by Gasteiger charge is 2.04. The zero-order chi connectivity index (χ0) is 13.0. The van der Waals surface area contributed by atoms with E-state index in [-0.39, 0.29) is 6.54 Å². The van der Waals surface area contributed by atoms with Gasteiger partial charge in [0.25, 0.3) is 0 Å². The fraction of sp³-hybridized carbons (Fsp3) is 0.0833. The Balaban J connectivity index is 2.06. The van der Waals surface area contributed by atoms with Crippen LogP contribution in [0.3, 0.4) is 0 Å². The van der Waals surface area contributed by atoms with Gasteiger partial charge in [-0.2, -0.15) is 0 Å². The van der Waals surface area contributed by atoms with Gasteiger partial charge in [0.05, 0.1) is 0 Å². The molecule has 4 nitrogen and oxygen atoms in total. The van der Waals surface area contributed by atoms with Crippen LogP contribution in [0.25, 0.3) is 0 Å². The van der Waals surface area contributed by atoms with Gasteiger partial charge in [-0.05, 0) is 18.2 Å². The van der Waals surface area contributed by atoms with Crippen LogP contribution in [0.1, 0.15) is 5.56 Å². The summed E-state index contributed by atoms with van der Waals surface area (Å²) in [4.78, 5) is 4.11. The van der Waals surface area contributed by atoms with Crippen molar-refractivity contribution in [3.63, 3.8) is 0 Å². The number of nitrogens with zero attached hydrogens (tertiary/aromatic N) is 1. The average molecular weight is 250 g/mol. The Bertz CT molecular complexity index is 545. The van der Waals surface area contributed by atoms with Gasteiger partial charge in [0, 0.05) is 18.2 Å². The lowest BCUT2D eigenvalue weighted by molar-refractivity contribution is 0.574. The van der Waals surface area contributed by atoms with Crippen molar-refractivity contribution in [3.05, 3.63) is 53.6 Å². The molecule has 1 aromatic carbocycles. The number of nitrogen functional groups attached to an aromatic ring is 1. The molecule has 18 heavy (non-hydrogen) atoms. The van der Waals surface area contributed by atoms with Gasteiger partial charge in [-0.3, -0.25) is 0 Å². The highest BCUT2D eigenvalue weighted by Crippen LogP contribution is 2.13. The number of hydrogen-bond acceptors (Lipinski definition) is 4. The molecule has 0 aliphatic carbocycles. The number of nitrogens with two attached hydrogens (primary N) is 1. The number of anilines is 2. The van der Waals surface area contributed by atoms with Crippen LogP contribution in [0.4, 0.5) is 20.4 Å². The molecule has 0 radical (unpaired) electrons. The van der Waals surface area contributed by atoms with E-state index in [9.17, 15) is 8.78 Å². The summed E-state index contributed by atoms with van der Waals surface area (Å²) in [5.41, 5.74) is 2.77. The van der Waals surface area contributed by atoms with Crippen LogP contribution < -0.4 is 16.6 Å². The van der Waals surface area contributed by atoms with E-state index in [4.69, 9.17) is 5.84 Å². The fourth-order valence-corrected chi connectivity index (χ4v) is 1.46. The van der Waals surface area contributed by atoms with Crippen molar-refractivity contribution in [2.75, 3.05) is 10.7 Å². The zero-order valence-corrected chi connectivity index (χ0v) is 9.45. The molecular formula is C12H12F2N4. The lowest BCUT2D eigenvalue weighted by atomic mass is 10.2. The number of hydrazine groups is 1. The summed E-state index contributed by atoms with van der Waals surface area (Å²) in [6, 6.07) is 8.63. The normalized spacial score (nSPS) is 10.2. The predicted molar refractivity (Wildman–Crippen MR) is 65.7 cm³/mol. The first-order chi connectivity index (χ1) is 8.69. The van der Waals surface area contributed by atoms with Gasteiger partial charge in [-0.15, -0.1) is 0 Å². The third kappa shape index (κ3) is 2.92. The van der Waals surface area contributed by atoms with Gasteiger partial charge in [-0.25, -0.2) is 19.6 Å². The molecule has 0 saturated heterocycles. The Labute approximate surface area is 103 Å². The number of halogens is 2. The molecule has 0 atom stereocenters. The maximum atomic E-state index is 13.4. The SMILES string of the molecule is NNc1cccc(NCc2ccc(F)cc2F)n1. The average Bonchev–Trinajstić information content (AvgIpc) is 2.38. The number of rotatable bonds is 4. The number of pyridine rings is 1. The number of benzene rings is 1. The molecule has 0 saturated carbocycles. The molecule has 0 amide bonds. The van der Waals surface area contributed by atoms with E-state index in [1.54, 1.807) is 18.2 Å². The van der Waals surface area contributed by atoms with E-state index in [0.29, 0.717) is 17.2 Å². The monoisotopic (exact) mass is 250 g/mol. The lowest BCUT2D eigenvalue weighted by Gasteiger charge is -2.08. The first-order valence-corrected chi connectivity index (χ1v) is 5.30. The molecule has 0 aliphatic heterocycles. The van der Waals surface area contributed by atoms with Crippen LogP contribution in [-0.4, -0.2) is 4.98 Å². The molecular weight excluding hydrogens is 238 g/mol. The molecule has 1 heterocycles. The van der Waals surface area contributed by atoms with Gasteiger partial charge in [0.15, 0.2) is 0 Å². The molecule has 4 N–H and O–H groups in total. The standard InChI is InChI=1S/C12H12F2N4/c13-9-5-4-8(10(14)6-9)7-16-11-2-1-3-12(17-11)18-15/h1-6H,7,15H2,(H2,16,17,18).